The van der Waals surface area contributed by atoms with Crippen molar-refractivity contribution in [1.29, 1.82) is 0 Å². The fourth-order valence-corrected chi connectivity index (χ4v) is 3.57. The van der Waals surface area contributed by atoms with Crippen LogP contribution in [0.15, 0.2) is 23.1 Å². The molecule has 6 nitrogen and oxygen atoms in total. The van der Waals surface area contributed by atoms with Gasteiger partial charge in [0, 0.05) is 24.8 Å². The van der Waals surface area contributed by atoms with E-state index < -0.39 is 11.9 Å². The first kappa shape index (κ1) is 20.2. The summed E-state index contributed by atoms with van der Waals surface area (Å²) in [5.41, 5.74) is 13.1. The first-order valence-electron chi connectivity index (χ1n) is 9.34. The smallest absolute Gasteiger partial charge is 0.251 e. The normalized spacial score (nSPS) is 21.4. The SMILES string of the molecule is CC/C=C(F)/N=C(/N)c1c(C(N)=O)cc(C2CCC(CCCC)N2)n1C. The van der Waals surface area contributed by atoms with E-state index in [2.05, 4.69) is 17.2 Å². The van der Waals surface area contributed by atoms with Gasteiger partial charge in [-0.05, 0) is 37.8 Å². The third kappa shape index (κ3) is 4.52. The number of amidine groups is 1. The molecular weight excluding hydrogens is 333 g/mol. The molecule has 2 heterocycles. The molecule has 0 aromatic carbocycles. The molecule has 0 spiro atoms. The standard InChI is InChI=1S/C19H30FN5O/c1-4-6-8-12-9-10-14(23-12)15-11-13(19(22)26)17(25(15)3)18(21)24-16(20)7-5-2/h7,11-12,14,23H,4-6,8-10H2,1-3H3,(H2,21,24)(H2,22,26)/b16-7+. The van der Waals surface area contributed by atoms with Crippen LogP contribution in [0.3, 0.4) is 0 Å². The summed E-state index contributed by atoms with van der Waals surface area (Å²) < 4.78 is 15.5. The summed E-state index contributed by atoms with van der Waals surface area (Å²) in [4.78, 5) is 15.7. The Hall–Kier alpha value is -2.15. The van der Waals surface area contributed by atoms with Gasteiger partial charge in [0.15, 0.2) is 5.84 Å². The van der Waals surface area contributed by atoms with Gasteiger partial charge in [0.25, 0.3) is 5.91 Å². The van der Waals surface area contributed by atoms with Crippen molar-refractivity contribution in [2.45, 2.75) is 64.5 Å². The Morgan fingerprint density at radius 2 is 2.15 bits per heavy atom. The van der Waals surface area contributed by atoms with Crippen molar-refractivity contribution in [3.05, 3.63) is 35.0 Å². The van der Waals surface area contributed by atoms with Gasteiger partial charge in [-0.1, -0.05) is 26.7 Å². The van der Waals surface area contributed by atoms with Crippen molar-refractivity contribution in [2.75, 3.05) is 0 Å². The number of aliphatic imine (C=N–C) groups is 1. The highest BCUT2D eigenvalue weighted by molar-refractivity contribution is 6.08. The van der Waals surface area contributed by atoms with E-state index in [1.54, 1.807) is 10.6 Å². The van der Waals surface area contributed by atoms with Crippen LogP contribution in [0, 0.1) is 0 Å². The van der Waals surface area contributed by atoms with Crippen LogP contribution in [-0.4, -0.2) is 22.4 Å². The second-order valence-corrected chi connectivity index (χ2v) is 6.82. The number of nitrogens with one attached hydrogen (secondary N) is 1. The Bertz CT molecular complexity index is 707. The molecule has 1 fully saturated rings. The van der Waals surface area contributed by atoms with E-state index in [9.17, 15) is 9.18 Å². The molecule has 2 rings (SSSR count). The number of amides is 1. The van der Waals surface area contributed by atoms with Crippen molar-refractivity contribution in [2.24, 2.45) is 23.5 Å². The predicted molar refractivity (Wildman–Crippen MR) is 103 cm³/mol. The van der Waals surface area contributed by atoms with Crippen LogP contribution in [0.5, 0.6) is 0 Å². The number of rotatable bonds is 8. The minimum Gasteiger partial charge on any atom is -0.382 e. The molecule has 144 valence electrons. The number of carbonyl (C=O) groups is 1. The lowest BCUT2D eigenvalue weighted by Gasteiger charge is -2.16. The Kier molecular flexibility index (Phi) is 6.97. The molecule has 26 heavy (non-hydrogen) atoms. The van der Waals surface area contributed by atoms with E-state index >= 15 is 0 Å². The van der Waals surface area contributed by atoms with Crippen LogP contribution in [0.2, 0.25) is 0 Å². The average molecular weight is 363 g/mol. The summed E-state index contributed by atoms with van der Waals surface area (Å²) in [5, 5.41) is 3.62. The molecule has 1 aliphatic rings. The maximum absolute atomic E-state index is 13.7. The Labute approximate surface area is 154 Å². The Balaban J connectivity index is 2.34. The number of hydrogen-bond donors (Lipinski definition) is 3. The summed E-state index contributed by atoms with van der Waals surface area (Å²) in [7, 11) is 1.81. The van der Waals surface area contributed by atoms with Gasteiger partial charge in [-0.3, -0.25) is 4.79 Å². The second-order valence-electron chi connectivity index (χ2n) is 6.82. The molecule has 0 bridgehead atoms. The molecular formula is C19H30FN5O. The van der Waals surface area contributed by atoms with Gasteiger partial charge in [0.1, 0.15) is 0 Å². The first-order chi connectivity index (χ1) is 12.4. The van der Waals surface area contributed by atoms with Crippen LogP contribution < -0.4 is 16.8 Å². The third-order valence-corrected chi connectivity index (χ3v) is 4.88. The van der Waals surface area contributed by atoms with Crippen LogP contribution in [0.25, 0.3) is 0 Å². The maximum atomic E-state index is 13.7. The molecule has 0 radical (unpaired) electrons. The molecule has 0 saturated carbocycles. The Morgan fingerprint density at radius 3 is 2.77 bits per heavy atom. The molecule has 2 atom stereocenters. The lowest BCUT2D eigenvalue weighted by atomic mass is 10.1. The summed E-state index contributed by atoms with van der Waals surface area (Å²) in [6, 6.07) is 2.35. The number of halogens is 1. The zero-order valence-electron chi connectivity index (χ0n) is 15.9. The average Bonchev–Trinajstić information content (AvgIpc) is 3.17. The number of carbonyl (C=O) groups excluding carboxylic acids is 1. The highest BCUT2D eigenvalue weighted by atomic mass is 19.1. The monoisotopic (exact) mass is 363 g/mol. The predicted octanol–water partition coefficient (Wildman–Crippen LogP) is 3.03. The zero-order chi connectivity index (χ0) is 19.3. The molecule has 1 aromatic heterocycles. The van der Waals surface area contributed by atoms with Gasteiger partial charge in [0.05, 0.1) is 11.3 Å². The van der Waals surface area contributed by atoms with Gasteiger partial charge in [-0.2, -0.15) is 4.39 Å². The van der Waals surface area contributed by atoms with E-state index in [1.807, 2.05) is 14.0 Å². The van der Waals surface area contributed by atoms with Crippen LogP contribution in [0.1, 0.15) is 80.2 Å². The van der Waals surface area contributed by atoms with Crippen molar-refractivity contribution in [1.82, 2.24) is 9.88 Å². The van der Waals surface area contributed by atoms with Gasteiger partial charge < -0.3 is 21.4 Å². The third-order valence-electron chi connectivity index (χ3n) is 4.88. The van der Waals surface area contributed by atoms with E-state index in [0.717, 1.165) is 25.0 Å². The van der Waals surface area contributed by atoms with Crippen LogP contribution >= 0.6 is 0 Å². The minimum atomic E-state index is -0.665. The summed E-state index contributed by atoms with van der Waals surface area (Å²) in [5.74, 6) is -1.31. The van der Waals surface area contributed by atoms with Crippen molar-refractivity contribution in [3.63, 3.8) is 0 Å². The summed E-state index contributed by atoms with van der Waals surface area (Å²) in [6.45, 7) is 3.99. The number of nitrogens with two attached hydrogens (primary N) is 2. The van der Waals surface area contributed by atoms with Gasteiger partial charge in [-0.15, -0.1) is 0 Å². The van der Waals surface area contributed by atoms with Gasteiger partial charge in [0.2, 0.25) is 5.95 Å². The van der Waals surface area contributed by atoms with E-state index in [-0.39, 0.29) is 17.4 Å². The zero-order valence-corrected chi connectivity index (χ0v) is 15.9. The fourth-order valence-electron chi connectivity index (χ4n) is 3.57. The lowest BCUT2D eigenvalue weighted by molar-refractivity contribution is 0.1000. The van der Waals surface area contributed by atoms with Crippen LogP contribution in [0.4, 0.5) is 4.39 Å². The number of hydrogen-bond acceptors (Lipinski definition) is 3. The van der Waals surface area contributed by atoms with E-state index in [0.29, 0.717) is 18.2 Å². The number of unbranched alkanes of at least 4 members (excludes halogenated alkanes) is 1. The van der Waals surface area contributed by atoms with E-state index in [1.165, 1.54) is 18.9 Å². The summed E-state index contributed by atoms with van der Waals surface area (Å²) in [6.07, 6.45) is 7.42. The molecule has 2 unspecified atom stereocenters. The largest absolute Gasteiger partial charge is 0.382 e. The van der Waals surface area contributed by atoms with Gasteiger partial charge >= 0.3 is 0 Å². The molecule has 1 saturated heterocycles. The lowest BCUT2D eigenvalue weighted by Crippen LogP contribution is -2.26. The molecule has 1 aromatic rings. The highest BCUT2D eigenvalue weighted by Crippen LogP contribution is 2.31. The fraction of sp³-hybridized carbons (Fsp3) is 0.579. The first-order valence-corrected chi connectivity index (χ1v) is 9.34. The number of allylic oxidation sites excluding steroid dienone is 1. The maximum Gasteiger partial charge on any atom is 0.251 e. The van der Waals surface area contributed by atoms with Crippen molar-refractivity contribution in [3.8, 4) is 0 Å². The molecule has 0 aliphatic carbocycles. The van der Waals surface area contributed by atoms with Gasteiger partial charge in [-0.25, -0.2) is 4.99 Å². The molecule has 1 aliphatic heterocycles. The van der Waals surface area contributed by atoms with E-state index in [4.69, 9.17) is 11.5 Å². The summed E-state index contributed by atoms with van der Waals surface area (Å²) >= 11 is 0. The topological polar surface area (TPSA) is 98.4 Å². The number of primary amides is 1. The number of aromatic nitrogens is 1. The quantitative estimate of drug-likeness (QED) is 0.376. The minimum absolute atomic E-state index is 0.0460. The molecule has 1 amide bonds. The molecule has 7 heteroatoms. The van der Waals surface area contributed by atoms with Crippen LogP contribution in [-0.2, 0) is 7.05 Å². The van der Waals surface area contributed by atoms with Crippen molar-refractivity contribution < 1.29 is 9.18 Å². The Morgan fingerprint density at radius 1 is 1.42 bits per heavy atom. The molecule has 5 N–H and O–H groups in total. The number of nitrogens with zero attached hydrogens (tertiary/aromatic N) is 2. The second kappa shape index (κ2) is 8.98. The van der Waals surface area contributed by atoms with Crippen molar-refractivity contribution >= 4 is 11.7 Å². The highest BCUT2D eigenvalue weighted by Gasteiger charge is 2.29.